The number of hydrogen-bond donors (Lipinski definition) is 1. The van der Waals surface area contributed by atoms with Gasteiger partial charge in [-0.2, -0.15) is 0 Å². The lowest BCUT2D eigenvalue weighted by Gasteiger charge is -2.34. The van der Waals surface area contributed by atoms with Gasteiger partial charge >= 0.3 is 0 Å². The summed E-state index contributed by atoms with van der Waals surface area (Å²) >= 11 is 0. The van der Waals surface area contributed by atoms with Crippen molar-refractivity contribution in [3.05, 3.63) is 65.5 Å². The Morgan fingerprint density at radius 3 is 2.45 bits per heavy atom. The summed E-state index contributed by atoms with van der Waals surface area (Å²) in [4.78, 5) is 15.2. The molecule has 1 heterocycles. The van der Waals surface area contributed by atoms with Crippen molar-refractivity contribution in [3.8, 4) is 0 Å². The first-order chi connectivity index (χ1) is 13.8. The molecule has 0 radical (unpaired) electrons. The summed E-state index contributed by atoms with van der Waals surface area (Å²) in [5, 5.41) is -0.0404. The van der Waals surface area contributed by atoms with Crippen molar-refractivity contribution in [2.45, 2.75) is 48.8 Å². The van der Waals surface area contributed by atoms with Crippen LogP contribution in [0.1, 0.15) is 30.4 Å². The maximum atomic E-state index is 13.8. The zero-order chi connectivity index (χ0) is 21.0. The Balaban J connectivity index is 1.54. The first-order valence-electron chi connectivity index (χ1n) is 9.97. The van der Waals surface area contributed by atoms with Gasteiger partial charge in [-0.25, -0.2) is 4.39 Å². The Morgan fingerprint density at radius 1 is 1.21 bits per heavy atom. The number of nitrogens with zero attached hydrogens (tertiary/aromatic N) is 1. The summed E-state index contributed by atoms with van der Waals surface area (Å²) in [6.07, 6.45) is 1.82. The third kappa shape index (κ3) is 5.25. The van der Waals surface area contributed by atoms with Crippen LogP contribution < -0.4 is 5.73 Å². The smallest absolute Gasteiger partial charge is 0.224 e. The second-order valence-corrected chi connectivity index (χ2v) is 10.5. The number of likely N-dealkylation sites (tertiary alicyclic amines) is 1. The van der Waals surface area contributed by atoms with E-state index in [1.807, 2.05) is 31.2 Å². The predicted molar refractivity (Wildman–Crippen MR) is 117 cm³/mol. The number of carbonyl (C=O) groups is 1. The minimum Gasteiger partial charge on any atom is -0.343 e. The molecule has 0 bridgehead atoms. The standard InChI is InChI=1S/C23H29FN2O2S/c1-17-7-9-20(10-8-17)29(2,28)21-11-13-26(14-12-21)23(27)16-19(25)15-18-5-3-4-6-22(18)24/h3-10,19,21H,2,11-16,25H2,1H3/t19-,29?/m1/s1. The number of halogens is 1. The molecule has 156 valence electrons. The topological polar surface area (TPSA) is 63.4 Å². The lowest BCUT2D eigenvalue weighted by atomic mass is 10.0. The van der Waals surface area contributed by atoms with Gasteiger partial charge in [0.25, 0.3) is 0 Å². The average Bonchev–Trinajstić information content (AvgIpc) is 2.70. The second kappa shape index (κ2) is 9.09. The van der Waals surface area contributed by atoms with Crippen LogP contribution in [0, 0.1) is 12.7 Å². The van der Waals surface area contributed by atoms with Crippen LogP contribution in [-0.2, 0) is 20.7 Å². The van der Waals surface area contributed by atoms with Crippen molar-refractivity contribution >= 4 is 21.3 Å². The van der Waals surface area contributed by atoms with Crippen LogP contribution in [0.25, 0.3) is 0 Å². The van der Waals surface area contributed by atoms with Crippen molar-refractivity contribution in [1.29, 1.82) is 0 Å². The average molecular weight is 417 g/mol. The number of nitrogens with two attached hydrogens (primary N) is 1. The Morgan fingerprint density at radius 2 is 1.83 bits per heavy atom. The number of carbonyl (C=O) groups excluding carboxylic acids is 1. The molecule has 1 aliphatic heterocycles. The van der Waals surface area contributed by atoms with Crippen LogP contribution in [0.15, 0.2) is 53.4 Å². The summed E-state index contributed by atoms with van der Waals surface area (Å²) in [6, 6.07) is 13.8. The minimum atomic E-state index is -2.40. The fourth-order valence-corrected chi connectivity index (χ4v) is 5.77. The molecule has 1 amide bonds. The number of amides is 1. The quantitative estimate of drug-likeness (QED) is 0.736. The van der Waals surface area contributed by atoms with E-state index in [1.54, 1.807) is 23.1 Å². The van der Waals surface area contributed by atoms with Crippen molar-refractivity contribution in [1.82, 2.24) is 4.90 Å². The SMILES string of the molecule is C=S(=O)(c1ccc(C)cc1)C1CCN(C(=O)C[C@H](N)Cc2ccccc2F)CC1. The monoisotopic (exact) mass is 416 g/mol. The molecule has 0 spiro atoms. The van der Waals surface area contributed by atoms with E-state index in [4.69, 9.17) is 5.73 Å². The molecule has 1 unspecified atom stereocenters. The van der Waals surface area contributed by atoms with Crippen molar-refractivity contribution < 1.29 is 13.4 Å². The molecule has 2 N–H and O–H groups in total. The summed E-state index contributed by atoms with van der Waals surface area (Å²) in [6.45, 7) is 3.10. The zero-order valence-electron chi connectivity index (χ0n) is 16.9. The molecule has 0 saturated carbocycles. The highest BCUT2D eigenvalue weighted by Gasteiger charge is 2.29. The van der Waals surface area contributed by atoms with Gasteiger partial charge in [0, 0.05) is 35.7 Å². The molecule has 3 rings (SSSR count). The van der Waals surface area contributed by atoms with Gasteiger partial charge in [0.15, 0.2) is 0 Å². The first kappa shape index (κ1) is 21.5. The van der Waals surface area contributed by atoms with Crippen LogP contribution in [0.2, 0.25) is 0 Å². The normalized spacial score (nSPS) is 18.2. The van der Waals surface area contributed by atoms with Gasteiger partial charge in [-0.3, -0.25) is 9.00 Å². The van der Waals surface area contributed by atoms with Gasteiger partial charge in [0.1, 0.15) is 5.82 Å². The highest BCUT2D eigenvalue weighted by atomic mass is 32.2. The molecule has 0 aliphatic carbocycles. The number of piperidine rings is 1. The molecule has 2 aromatic rings. The van der Waals surface area contributed by atoms with Crippen molar-refractivity contribution in [2.24, 2.45) is 5.73 Å². The maximum Gasteiger partial charge on any atom is 0.224 e. The van der Waals surface area contributed by atoms with Crippen LogP contribution in [0.4, 0.5) is 4.39 Å². The van der Waals surface area contributed by atoms with E-state index in [1.165, 1.54) is 6.07 Å². The van der Waals surface area contributed by atoms with E-state index in [-0.39, 0.29) is 23.4 Å². The molecule has 1 saturated heterocycles. The Kier molecular flexibility index (Phi) is 6.75. The van der Waals surface area contributed by atoms with Gasteiger partial charge < -0.3 is 10.6 Å². The summed E-state index contributed by atoms with van der Waals surface area (Å²) < 4.78 is 27.0. The highest BCUT2D eigenvalue weighted by Crippen LogP contribution is 2.25. The lowest BCUT2D eigenvalue weighted by Crippen LogP contribution is -2.44. The summed E-state index contributed by atoms with van der Waals surface area (Å²) in [7, 11) is -2.40. The summed E-state index contributed by atoms with van der Waals surface area (Å²) in [5.41, 5.74) is 7.75. The second-order valence-electron chi connectivity index (χ2n) is 7.88. The number of benzene rings is 2. The molecule has 0 aromatic heterocycles. The Bertz CT molecular complexity index is 949. The predicted octanol–water partition coefficient (Wildman–Crippen LogP) is 3.16. The van der Waals surface area contributed by atoms with E-state index in [2.05, 4.69) is 5.87 Å². The first-order valence-corrected chi connectivity index (χ1v) is 11.8. The van der Waals surface area contributed by atoms with E-state index in [0.717, 1.165) is 10.5 Å². The van der Waals surface area contributed by atoms with Gasteiger partial charge in [0.05, 0.1) is 0 Å². The fraction of sp³-hybridized carbons (Fsp3) is 0.391. The van der Waals surface area contributed by atoms with Crippen LogP contribution in [0.5, 0.6) is 0 Å². The number of rotatable bonds is 6. The third-order valence-electron chi connectivity index (χ3n) is 5.63. The zero-order valence-corrected chi connectivity index (χ0v) is 17.7. The number of hydrogen-bond acceptors (Lipinski definition) is 3. The highest BCUT2D eigenvalue weighted by molar-refractivity contribution is 8.00. The summed E-state index contributed by atoms with van der Waals surface area (Å²) in [5.74, 6) is 3.71. The molecule has 29 heavy (non-hydrogen) atoms. The Labute approximate surface area is 172 Å². The Hall–Kier alpha value is -2.18. The molecule has 2 aromatic carbocycles. The van der Waals surface area contributed by atoms with Gasteiger partial charge in [-0.15, -0.1) is 0 Å². The minimum absolute atomic E-state index is 0.0295. The molecule has 4 nitrogen and oxygen atoms in total. The molecule has 1 aliphatic rings. The van der Waals surface area contributed by atoms with Crippen molar-refractivity contribution in [2.75, 3.05) is 13.1 Å². The van der Waals surface area contributed by atoms with Gasteiger partial charge in [-0.1, -0.05) is 35.9 Å². The van der Waals surface area contributed by atoms with E-state index in [0.29, 0.717) is 37.9 Å². The van der Waals surface area contributed by atoms with E-state index < -0.39 is 15.6 Å². The third-order valence-corrected chi connectivity index (χ3v) is 8.25. The fourth-order valence-electron chi connectivity index (χ4n) is 3.82. The molecule has 1 fully saturated rings. The van der Waals surface area contributed by atoms with Crippen molar-refractivity contribution in [3.63, 3.8) is 0 Å². The van der Waals surface area contributed by atoms with Gasteiger partial charge in [0.2, 0.25) is 5.91 Å². The van der Waals surface area contributed by atoms with Crippen LogP contribution in [0.3, 0.4) is 0 Å². The molecular formula is C23H29FN2O2S. The largest absolute Gasteiger partial charge is 0.343 e. The maximum absolute atomic E-state index is 13.8. The lowest BCUT2D eigenvalue weighted by molar-refractivity contribution is -0.132. The van der Waals surface area contributed by atoms with Gasteiger partial charge in [-0.05, 0) is 65.3 Å². The number of aryl methyl sites for hydroxylation is 1. The molecule has 6 heteroatoms. The van der Waals surface area contributed by atoms with Crippen LogP contribution in [-0.4, -0.2) is 45.3 Å². The molecule has 2 atom stereocenters. The van der Waals surface area contributed by atoms with E-state index in [9.17, 15) is 13.4 Å². The van der Waals surface area contributed by atoms with E-state index >= 15 is 0 Å². The molecular weight excluding hydrogens is 387 g/mol. The van der Waals surface area contributed by atoms with Crippen LogP contribution >= 0.6 is 0 Å².